The van der Waals surface area contributed by atoms with Crippen LogP contribution in [0.3, 0.4) is 0 Å². The van der Waals surface area contributed by atoms with Crippen molar-refractivity contribution in [3.63, 3.8) is 0 Å². The SMILES string of the molecule is CCCN1c2ccccc2OC(C)C1C. The van der Waals surface area contributed by atoms with Gasteiger partial charge in [0.2, 0.25) is 0 Å². The number of hydrogen-bond donors (Lipinski definition) is 0. The summed E-state index contributed by atoms with van der Waals surface area (Å²) in [5.74, 6) is 1.02. The van der Waals surface area contributed by atoms with Gasteiger partial charge in [0.15, 0.2) is 0 Å². The molecule has 1 aliphatic heterocycles. The maximum atomic E-state index is 5.88. The molecule has 2 heteroatoms. The van der Waals surface area contributed by atoms with Crippen molar-refractivity contribution < 1.29 is 4.74 Å². The normalized spacial score (nSPS) is 24.6. The highest BCUT2D eigenvalue weighted by atomic mass is 16.5. The molecule has 0 aromatic heterocycles. The molecule has 2 atom stereocenters. The number of ether oxygens (including phenoxy) is 1. The first-order valence-corrected chi connectivity index (χ1v) is 5.76. The van der Waals surface area contributed by atoms with Crippen LogP contribution in [0, 0.1) is 0 Å². The first-order chi connectivity index (χ1) is 7.24. The second kappa shape index (κ2) is 4.13. The predicted molar refractivity (Wildman–Crippen MR) is 63.6 cm³/mol. The van der Waals surface area contributed by atoms with Crippen molar-refractivity contribution in [1.29, 1.82) is 0 Å². The van der Waals surface area contributed by atoms with E-state index in [1.54, 1.807) is 0 Å². The third-order valence-corrected chi connectivity index (χ3v) is 3.12. The number of rotatable bonds is 2. The number of fused-ring (bicyclic) bond motifs is 1. The molecule has 0 bridgehead atoms. The molecule has 0 saturated heterocycles. The van der Waals surface area contributed by atoms with E-state index >= 15 is 0 Å². The number of para-hydroxylation sites is 2. The first kappa shape index (κ1) is 10.3. The minimum Gasteiger partial charge on any atom is -0.486 e. The summed E-state index contributed by atoms with van der Waals surface area (Å²) in [6.07, 6.45) is 1.44. The topological polar surface area (TPSA) is 12.5 Å². The van der Waals surface area contributed by atoms with Gasteiger partial charge in [-0.3, -0.25) is 0 Å². The van der Waals surface area contributed by atoms with Crippen molar-refractivity contribution in [2.75, 3.05) is 11.4 Å². The van der Waals surface area contributed by atoms with Crippen LogP contribution in [0.15, 0.2) is 24.3 Å². The van der Waals surface area contributed by atoms with Gasteiger partial charge < -0.3 is 9.64 Å². The summed E-state index contributed by atoms with van der Waals surface area (Å²) in [5, 5.41) is 0. The lowest BCUT2D eigenvalue weighted by atomic mass is 10.1. The van der Waals surface area contributed by atoms with Crippen molar-refractivity contribution in [3.05, 3.63) is 24.3 Å². The maximum Gasteiger partial charge on any atom is 0.143 e. The van der Waals surface area contributed by atoms with Crippen LogP contribution in [0.1, 0.15) is 27.2 Å². The fourth-order valence-electron chi connectivity index (χ4n) is 2.13. The molecule has 2 unspecified atom stereocenters. The van der Waals surface area contributed by atoms with Gasteiger partial charge in [0.05, 0.1) is 11.7 Å². The van der Waals surface area contributed by atoms with Crippen LogP contribution in [-0.4, -0.2) is 18.7 Å². The largest absolute Gasteiger partial charge is 0.486 e. The van der Waals surface area contributed by atoms with Gasteiger partial charge in [0, 0.05) is 6.54 Å². The Morgan fingerprint density at radius 2 is 2.00 bits per heavy atom. The van der Waals surface area contributed by atoms with E-state index in [1.165, 1.54) is 12.1 Å². The van der Waals surface area contributed by atoms with E-state index < -0.39 is 0 Å². The molecule has 0 radical (unpaired) electrons. The Balaban J connectivity index is 2.36. The van der Waals surface area contributed by atoms with Gasteiger partial charge in [0.1, 0.15) is 11.9 Å². The van der Waals surface area contributed by atoms with Crippen LogP contribution in [0.5, 0.6) is 5.75 Å². The van der Waals surface area contributed by atoms with E-state index in [0.29, 0.717) is 6.04 Å². The molecule has 0 saturated carbocycles. The summed E-state index contributed by atoms with van der Waals surface area (Å²) < 4.78 is 5.88. The van der Waals surface area contributed by atoms with Crippen LogP contribution in [0.4, 0.5) is 5.69 Å². The minimum atomic E-state index is 0.270. The number of anilines is 1. The minimum absolute atomic E-state index is 0.270. The van der Waals surface area contributed by atoms with Crippen molar-refractivity contribution >= 4 is 5.69 Å². The molecule has 1 aromatic carbocycles. The summed E-state index contributed by atoms with van der Waals surface area (Å²) >= 11 is 0. The van der Waals surface area contributed by atoms with E-state index in [9.17, 15) is 0 Å². The maximum absolute atomic E-state index is 5.88. The molecule has 0 fully saturated rings. The zero-order valence-electron chi connectivity index (χ0n) is 9.73. The monoisotopic (exact) mass is 205 g/mol. The average Bonchev–Trinajstić information content (AvgIpc) is 2.25. The molecule has 0 spiro atoms. The molecular formula is C13H19NO. The second-order valence-corrected chi connectivity index (χ2v) is 4.22. The quantitative estimate of drug-likeness (QED) is 0.735. The Kier molecular flexibility index (Phi) is 2.85. The molecule has 2 nitrogen and oxygen atoms in total. The summed E-state index contributed by atoms with van der Waals surface area (Å²) in [6.45, 7) is 7.70. The second-order valence-electron chi connectivity index (χ2n) is 4.22. The smallest absolute Gasteiger partial charge is 0.143 e. The van der Waals surface area contributed by atoms with E-state index in [1.807, 2.05) is 6.07 Å². The fourth-order valence-corrected chi connectivity index (χ4v) is 2.13. The molecule has 15 heavy (non-hydrogen) atoms. The highest BCUT2D eigenvalue weighted by molar-refractivity contribution is 5.60. The molecular weight excluding hydrogens is 186 g/mol. The zero-order valence-corrected chi connectivity index (χ0v) is 9.73. The molecule has 0 aliphatic carbocycles. The lowest BCUT2D eigenvalue weighted by Crippen LogP contribution is -2.46. The summed E-state index contributed by atoms with van der Waals surface area (Å²) in [4.78, 5) is 2.45. The van der Waals surface area contributed by atoms with Crippen molar-refractivity contribution in [2.24, 2.45) is 0 Å². The van der Waals surface area contributed by atoms with Crippen LogP contribution in [-0.2, 0) is 0 Å². The van der Waals surface area contributed by atoms with Crippen molar-refractivity contribution in [3.8, 4) is 5.75 Å². The Morgan fingerprint density at radius 3 is 2.73 bits per heavy atom. The highest BCUT2D eigenvalue weighted by Crippen LogP contribution is 2.35. The lowest BCUT2D eigenvalue weighted by molar-refractivity contribution is 0.176. The Morgan fingerprint density at radius 1 is 1.27 bits per heavy atom. The van der Waals surface area contributed by atoms with Crippen LogP contribution in [0.2, 0.25) is 0 Å². The first-order valence-electron chi connectivity index (χ1n) is 5.76. The van der Waals surface area contributed by atoms with Crippen LogP contribution >= 0.6 is 0 Å². The molecule has 0 amide bonds. The third-order valence-electron chi connectivity index (χ3n) is 3.12. The Bertz CT molecular complexity index is 337. The van der Waals surface area contributed by atoms with Crippen LogP contribution in [0.25, 0.3) is 0 Å². The number of nitrogens with zero attached hydrogens (tertiary/aromatic N) is 1. The summed E-state index contributed by atoms with van der Waals surface area (Å²) in [6, 6.07) is 8.77. The molecule has 82 valence electrons. The third kappa shape index (κ3) is 1.81. The fraction of sp³-hybridized carbons (Fsp3) is 0.538. The zero-order chi connectivity index (χ0) is 10.8. The van der Waals surface area contributed by atoms with Crippen LogP contribution < -0.4 is 9.64 Å². The van der Waals surface area contributed by atoms with E-state index in [2.05, 4.69) is 43.9 Å². The van der Waals surface area contributed by atoms with Crippen molar-refractivity contribution in [2.45, 2.75) is 39.3 Å². The van der Waals surface area contributed by atoms with E-state index in [0.717, 1.165) is 12.3 Å². The van der Waals surface area contributed by atoms with Crippen molar-refractivity contribution in [1.82, 2.24) is 0 Å². The summed E-state index contributed by atoms with van der Waals surface area (Å²) in [5.41, 5.74) is 1.24. The lowest BCUT2D eigenvalue weighted by Gasteiger charge is -2.40. The van der Waals surface area contributed by atoms with Gasteiger partial charge in [-0.1, -0.05) is 19.1 Å². The standard InChI is InChI=1S/C13H19NO/c1-4-9-14-10(2)11(3)15-13-8-6-5-7-12(13)14/h5-8,10-11H,4,9H2,1-3H3. The molecule has 0 N–H and O–H groups in total. The highest BCUT2D eigenvalue weighted by Gasteiger charge is 2.28. The van der Waals surface area contributed by atoms with Gasteiger partial charge in [0.25, 0.3) is 0 Å². The number of benzene rings is 1. The summed E-state index contributed by atoms with van der Waals surface area (Å²) in [7, 11) is 0. The van der Waals surface area contributed by atoms with Gasteiger partial charge in [-0.25, -0.2) is 0 Å². The molecule has 1 aliphatic rings. The van der Waals surface area contributed by atoms with Gasteiger partial charge in [-0.05, 0) is 32.4 Å². The predicted octanol–water partition coefficient (Wildman–Crippen LogP) is 3.07. The van der Waals surface area contributed by atoms with Gasteiger partial charge in [-0.15, -0.1) is 0 Å². The van der Waals surface area contributed by atoms with Gasteiger partial charge in [-0.2, -0.15) is 0 Å². The molecule has 1 heterocycles. The van der Waals surface area contributed by atoms with Gasteiger partial charge >= 0.3 is 0 Å². The Hall–Kier alpha value is -1.18. The Labute approximate surface area is 91.9 Å². The van der Waals surface area contributed by atoms with E-state index in [4.69, 9.17) is 4.74 Å². The molecule has 2 rings (SSSR count). The average molecular weight is 205 g/mol. The molecule has 1 aromatic rings. The number of hydrogen-bond acceptors (Lipinski definition) is 2. The van der Waals surface area contributed by atoms with E-state index in [-0.39, 0.29) is 6.10 Å².